The first kappa shape index (κ1) is 26.6. The van der Waals surface area contributed by atoms with E-state index in [9.17, 15) is 23.3 Å². The predicted molar refractivity (Wildman–Crippen MR) is 137 cm³/mol. The maximum Gasteiger partial charge on any atom is 0.272 e. The van der Waals surface area contributed by atoms with E-state index in [1.54, 1.807) is 31.2 Å². The number of nitrogens with one attached hydrogen (secondary N) is 2. The minimum absolute atomic E-state index is 0.0632. The molecule has 0 spiro atoms. The Morgan fingerprint density at radius 2 is 2.03 bits per heavy atom. The molecule has 11 nitrogen and oxygen atoms in total. The van der Waals surface area contributed by atoms with Crippen LogP contribution in [0.2, 0.25) is 5.02 Å². The third-order valence-corrected chi connectivity index (χ3v) is 7.64. The smallest absolute Gasteiger partial charge is 0.272 e. The molecule has 4 rings (SSSR count). The first-order valence-corrected chi connectivity index (χ1v) is 13.5. The maximum atomic E-state index is 13.1. The van der Waals surface area contributed by atoms with Gasteiger partial charge in [-0.3, -0.25) is 14.9 Å². The summed E-state index contributed by atoms with van der Waals surface area (Å²) in [7, 11) is -4.14. The number of amides is 1. The van der Waals surface area contributed by atoms with Gasteiger partial charge in [0.15, 0.2) is 5.69 Å². The molecule has 196 valence electrons. The maximum absolute atomic E-state index is 13.1. The van der Waals surface area contributed by atoms with Gasteiger partial charge >= 0.3 is 0 Å². The zero-order chi connectivity index (χ0) is 26.9. The molecule has 1 amide bonds. The van der Waals surface area contributed by atoms with Crippen molar-refractivity contribution in [2.75, 3.05) is 0 Å². The molecule has 0 radical (unpaired) electrons. The minimum atomic E-state index is -4.14. The summed E-state index contributed by atoms with van der Waals surface area (Å²) in [6.07, 6.45) is 2.07. The molecule has 0 saturated heterocycles. The SMILES string of the molecule is CC[C@@H](C)NC(=O)c1nn(-c2cccc(Cl)c2)c(Oc2ccc([N+](=O)[O-])cc2S(=O)(=O)NC2CC2)c1C. The van der Waals surface area contributed by atoms with E-state index in [0.29, 0.717) is 35.5 Å². The Morgan fingerprint density at radius 1 is 1.30 bits per heavy atom. The molecule has 0 bridgehead atoms. The molecule has 1 fully saturated rings. The van der Waals surface area contributed by atoms with E-state index in [4.69, 9.17) is 16.3 Å². The van der Waals surface area contributed by atoms with E-state index in [-0.39, 0.29) is 29.4 Å². The average Bonchev–Trinajstić information content (AvgIpc) is 3.59. The fourth-order valence-corrected chi connectivity index (χ4v) is 5.12. The Balaban J connectivity index is 1.85. The van der Waals surface area contributed by atoms with Crippen molar-refractivity contribution in [2.24, 2.45) is 0 Å². The number of carbonyl (C=O) groups is 1. The molecular formula is C24H26ClN5O6S. The number of rotatable bonds is 10. The summed E-state index contributed by atoms with van der Waals surface area (Å²) in [5, 5.41) is 19.1. The molecule has 2 N–H and O–H groups in total. The molecule has 3 aromatic rings. The second kappa shape index (κ2) is 10.5. The van der Waals surface area contributed by atoms with E-state index < -0.39 is 31.4 Å². The lowest BCUT2D eigenvalue weighted by Gasteiger charge is -2.14. The molecule has 0 unspecified atom stereocenters. The third-order valence-electron chi connectivity index (χ3n) is 5.86. The quantitative estimate of drug-likeness (QED) is 0.280. The zero-order valence-electron chi connectivity index (χ0n) is 20.4. The fraction of sp³-hybridized carbons (Fsp3) is 0.333. The van der Waals surface area contributed by atoms with E-state index in [1.165, 1.54) is 10.7 Å². The highest BCUT2D eigenvalue weighted by Crippen LogP contribution is 2.36. The molecule has 1 heterocycles. The number of nitro groups is 1. The van der Waals surface area contributed by atoms with Crippen LogP contribution in [0.1, 0.15) is 49.2 Å². The van der Waals surface area contributed by atoms with Crippen LogP contribution in [0, 0.1) is 17.0 Å². The molecular weight excluding hydrogens is 522 g/mol. The van der Waals surface area contributed by atoms with Crippen molar-refractivity contribution < 1.29 is 22.9 Å². The number of aromatic nitrogens is 2. The number of hydrogen-bond acceptors (Lipinski definition) is 7. The van der Waals surface area contributed by atoms with Crippen LogP contribution >= 0.6 is 11.6 Å². The predicted octanol–water partition coefficient (Wildman–Crippen LogP) is 4.50. The van der Waals surface area contributed by atoms with Crippen LogP contribution in [0.15, 0.2) is 47.4 Å². The number of ether oxygens (including phenoxy) is 1. The van der Waals surface area contributed by atoms with Gasteiger partial charge in [-0.1, -0.05) is 24.6 Å². The van der Waals surface area contributed by atoms with Crippen LogP contribution in [0.25, 0.3) is 5.69 Å². The average molecular weight is 548 g/mol. The lowest BCUT2D eigenvalue weighted by Crippen LogP contribution is -2.32. The number of non-ortho nitro benzene ring substituents is 1. The molecule has 13 heteroatoms. The first-order chi connectivity index (χ1) is 17.5. The number of nitrogens with zero attached hydrogens (tertiary/aromatic N) is 3. The van der Waals surface area contributed by atoms with Crippen molar-refractivity contribution in [2.45, 2.75) is 57.0 Å². The van der Waals surface area contributed by atoms with Gasteiger partial charge in [0, 0.05) is 34.8 Å². The van der Waals surface area contributed by atoms with Crippen LogP contribution in [-0.4, -0.2) is 41.1 Å². The summed E-state index contributed by atoms with van der Waals surface area (Å²) in [4.78, 5) is 23.3. The van der Waals surface area contributed by atoms with E-state index in [2.05, 4.69) is 15.1 Å². The van der Waals surface area contributed by atoms with Gasteiger partial charge in [-0.25, -0.2) is 13.1 Å². The number of nitro benzene ring substituents is 1. The highest BCUT2D eigenvalue weighted by molar-refractivity contribution is 7.89. The van der Waals surface area contributed by atoms with Gasteiger partial charge in [-0.15, -0.1) is 0 Å². The third kappa shape index (κ3) is 5.92. The molecule has 37 heavy (non-hydrogen) atoms. The Hall–Kier alpha value is -3.48. The van der Waals surface area contributed by atoms with Crippen LogP contribution in [-0.2, 0) is 10.0 Å². The van der Waals surface area contributed by atoms with Gasteiger partial charge in [0.25, 0.3) is 11.6 Å². The van der Waals surface area contributed by atoms with Gasteiger partial charge in [0.05, 0.1) is 10.6 Å². The van der Waals surface area contributed by atoms with Crippen LogP contribution in [0.4, 0.5) is 5.69 Å². The van der Waals surface area contributed by atoms with Crippen molar-refractivity contribution in [1.29, 1.82) is 0 Å². The van der Waals surface area contributed by atoms with Gasteiger partial charge in [0.2, 0.25) is 15.9 Å². The summed E-state index contributed by atoms with van der Waals surface area (Å²) in [5.74, 6) is -0.517. The van der Waals surface area contributed by atoms with Crippen LogP contribution in [0.3, 0.4) is 0 Å². The molecule has 1 aliphatic carbocycles. The Labute approximate surface area is 219 Å². The summed E-state index contributed by atoms with van der Waals surface area (Å²) < 4.78 is 36.2. The van der Waals surface area contributed by atoms with Gasteiger partial charge in [0.1, 0.15) is 10.6 Å². The monoisotopic (exact) mass is 547 g/mol. The largest absolute Gasteiger partial charge is 0.437 e. The molecule has 1 aromatic heterocycles. The number of hydrogen-bond donors (Lipinski definition) is 2. The number of sulfonamides is 1. The summed E-state index contributed by atoms with van der Waals surface area (Å²) >= 11 is 6.18. The van der Waals surface area contributed by atoms with Gasteiger partial charge in [-0.05, 0) is 57.4 Å². The molecule has 1 atom stereocenters. The van der Waals surface area contributed by atoms with Crippen molar-refractivity contribution in [3.8, 4) is 17.3 Å². The van der Waals surface area contributed by atoms with Gasteiger partial charge in [-0.2, -0.15) is 9.78 Å². The molecule has 0 aliphatic heterocycles. The summed E-state index contributed by atoms with van der Waals surface area (Å²) in [6, 6.07) is 9.65. The lowest BCUT2D eigenvalue weighted by atomic mass is 10.2. The Kier molecular flexibility index (Phi) is 7.53. The highest BCUT2D eigenvalue weighted by atomic mass is 35.5. The topological polar surface area (TPSA) is 145 Å². The standard InChI is InChI=1S/C24H26ClN5O6S/c1-4-14(2)26-23(31)22-15(3)24(29(27-22)18-7-5-6-16(25)12-18)36-20-11-10-19(30(32)33)13-21(20)37(34,35)28-17-8-9-17/h5-7,10-14,17,28H,4,8-9H2,1-3H3,(H,26,31)/t14-/m1/s1. The number of benzene rings is 2. The van der Waals surface area contributed by atoms with Crippen LogP contribution in [0.5, 0.6) is 11.6 Å². The minimum Gasteiger partial charge on any atom is -0.437 e. The van der Waals surface area contributed by atoms with Crippen molar-refractivity contribution >= 4 is 33.2 Å². The summed E-state index contributed by atoms with van der Waals surface area (Å²) in [5.41, 5.74) is 0.489. The highest BCUT2D eigenvalue weighted by Gasteiger charge is 2.32. The number of halogens is 1. The Bertz CT molecular complexity index is 1470. The van der Waals surface area contributed by atoms with Crippen molar-refractivity contribution in [3.63, 3.8) is 0 Å². The molecule has 1 aliphatic rings. The second-order valence-corrected chi connectivity index (χ2v) is 11.0. The van der Waals surface area contributed by atoms with E-state index in [0.717, 1.165) is 12.1 Å². The Morgan fingerprint density at radius 3 is 2.65 bits per heavy atom. The van der Waals surface area contributed by atoms with E-state index >= 15 is 0 Å². The summed E-state index contributed by atoms with van der Waals surface area (Å²) in [6.45, 7) is 5.42. The van der Waals surface area contributed by atoms with Crippen molar-refractivity contribution in [1.82, 2.24) is 19.8 Å². The normalized spacial score (nSPS) is 14.3. The lowest BCUT2D eigenvalue weighted by molar-refractivity contribution is -0.385. The van der Waals surface area contributed by atoms with Crippen LogP contribution < -0.4 is 14.8 Å². The number of carbonyl (C=O) groups excluding carboxylic acids is 1. The fourth-order valence-electron chi connectivity index (χ4n) is 3.49. The second-order valence-electron chi connectivity index (χ2n) is 8.84. The van der Waals surface area contributed by atoms with Crippen molar-refractivity contribution in [3.05, 3.63) is 68.9 Å². The van der Waals surface area contributed by atoms with Gasteiger partial charge < -0.3 is 10.1 Å². The zero-order valence-corrected chi connectivity index (χ0v) is 22.0. The van der Waals surface area contributed by atoms with E-state index in [1.807, 2.05) is 13.8 Å². The first-order valence-electron chi connectivity index (χ1n) is 11.6. The molecule has 2 aromatic carbocycles. The molecule has 1 saturated carbocycles.